The highest BCUT2D eigenvalue weighted by Gasteiger charge is 2.44. The molecule has 1 fully saturated rings. The quantitative estimate of drug-likeness (QED) is 0.462. The molecule has 19 heavy (non-hydrogen) atoms. The molecule has 5 N–H and O–H groups in total. The Morgan fingerprint density at radius 3 is 2.68 bits per heavy atom. The zero-order valence-corrected chi connectivity index (χ0v) is 10.5. The fourth-order valence-electron chi connectivity index (χ4n) is 1.97. The number of nitrogens with zero attached hydrogens (tertiary/aromatic N) is 3. The molecule has 1 aliphatic rings. The SMILES string of the molecule is CO[C@H]1O[C@H](Cn2cc(CN)nn2)[C@@H](O)[C@H](O)[C@H]1O. The number of aromatic nitrogens is 3. The Bertz CT molecular complexity index is 412. The van der Waals surface area contributed by atoms with E-state index >= 15 is 0 Å². The first-order chi connectivity index (χ1) is 9.06. The first kappa shape index (κ1) is 14.3. The summed E-state index contributed by atoms with van der Waals surface area (Å²) in [6.45, 7) is 0.425. The number of methoxy groups -OCH3 is 1. The van der Waals surface area contributed by atoms with Gasteiger partial charge in [-0.15, -0.1) is 5.10 Å². The van der Waals surface area contributed by atoms with Gasteiger partial charge in [-0.05, 0) is 0 Å². The van der Waals surface area contributed by atoms with Gasteiger partial charge in [-0.3, -0.25) is 0 Å². The maximum absolute atomic E-state index is 9.87. The molecule has 9 heteroatoms. The van der Waals surface area contributed by atoms with Crippen LogP contribution in [-0.2, 0) is 22.6 Å². The number of nitrogens with two attached hydrogens (primary N) is 1. The predicted octanol–water partition coefficient (Wildman–Crippen LogP) is -2.81. The second-order valence-electron chi connectivity index (χ2n) is 4.39. The first-order valence-electron chi connectivity index (χ1n) is 5.88. The summed E-state index contributed by atoms with van der Waals surface area (Å²) in [5.74, 6) is 0. The monoisotopic (exact) mass is 274 g/mol. The van der Waals surface area contributed by atoms with Gasteiger partial charge in [0.1, 0.15) is 24.4 Å². The summed E-state index contributed by atoms with van der Waals surface area (Å²) in [4.78, 5) is 0. The fourth-order valence-corrected chi connectivity index (χ4v) is 1.97. The van der Waals surface area contributed by atoms with Crippen molar-refractivity contribution in [1.82, 2.24) is 15.0 Å². The van der Waals surface area contributed by atoms with Crippen LogP contribution in [0.2, 0.25) is 0 Å². The predicted molar refractivity (Wildman–Crippen MR) is 61.6 cm³/mol. The Kier molecular flexibility index (Phi) is 4.45. The molecule has 5 atom stereocenters. The van der Waals surface area contributed by atoms with Crippen LogP contribution in [0.25, 0.3) is 0 Å². The molecule has 1 aromatic rings. The van der Waals surface area contributed by atoms with Crippen LogP contribution in [0, 0.1) is 0 Å². The molecule has 0 aliphatic carbocycles. The number of aliphatic hydroxyl groups is 3. The van der Waals surface area contributed by atoms with Gasteiger partial charge >= 0.3 is 0 Å². The Labute approximate surface area is 109 Å². The third kappa shape index (κ3) is 2.91. The minimum atomic E-state index is -1.35. The van der Waals surface area contributed by atoms with Gasteiger partial charge in [-0.25, -0.2) is 4.68 Å². The Morgan fingerprint density at radius 1 is 1.37 bits per heavy atom. The van der Waals surface area contributed by atoms with Gasteiger partial charge < -0.3 is 30.5 Å². The molecule has 0 spiro atoms. The van der Waals surface area contributed by atoms with E-state index in [0.717, 1.165) is 0 Å². The minimum Gasteiger partial charge on any atom is -0.388 e. The first-order valence-corrected chi connectivity index (χ1v) is 5.88. The standard InChI is InChI=1S/C10H18N4O5/c1-18-10-9(17)8(16)7(15)6(19-10)4-14-3-5(2-11)12-13-14/h3,6-10,15-17H,2,4,11H2,1H3/t6-,7-,8+,9-,10+/m1/s1. The summed E-state index contributed by atoms with van der Waals surface area (Å²) < 4.78 is 11.7. The Morgan fingerprint density at radius 2 is 2.11 bits per heavy atom. The van der Waals surface area contributed by atoms with E-state index in [-0.39, 0.29) is 13.1 Å². The number of hydrogen-bond acceptors (Lipinski definition) is 8. The average molecular weight is 274 g/mol. The smallest absolute Gasteiger partial charge is 0.186 e. The van der Waals surface area contributed by atoms with E-state index in [1.165, 1.54) is 11.8 Å². The lowest BCUT2D eigenvalue weighted by molar-refractivity contribution is -0.292. The number of aliphatic hydroxyl groups excluding tert-OH is 3. The third-order valence-corrected chi connectivity index (χ3v) is 3.06. The van der Waals surface area contributed by atoms with Crippen molar-refractivity contribution in [3.63, 3.8) is 0 Å². The fraction of sp³-hybridized carbons (Fsp3) is 0.800. The molecule has 1 aliphatic heterocycles. The second kappa shape index (κ2) is 5.90. The molecule has 0 saturated carbocycles. The lowest BCUT2D eigenvalue weighted by atomic mass is 9.99. The van der Waals surface area contributed by atoms with Gasteiger partial charge in [-0.1, -0.05) is 5.21 Å². The van der Waals surface area contributed by atoms with E-state index in [1.54, 1.807) is 6.20 Å². The van der Waals surface area contributed by atoms with Crippen LogP contribution in [0.5, 0.6) is 0 Å². The average Bonchev–Trinajstić information content (AvgIpc) is 2.87. The van der Waals surface area contributed by atoms with Crippen LogP contribution >= 0.6 is 0 Å². The highest BCUT2D eigenvalue weighted by Crippen LogP contribution is 2.22. The van der Waals surface area contributed by atoms with Crippen molar-refractivity contribution in [2.45, 2.75) is 43.8 Å². The Hall–Kier alpha value is -1.10. The van der Waals surface area contributed by atoms with E-state index in [9.17, 15) is 15.3 Å². The number of rotatable bonds is 4. The molecule has 1 saturated heterocycles. The van der Waals surface area contributed by atoms with Crippen molar-refractivity contribution in [2.24, 2.45) is 5.73 Å². The largest absolute Gasteiger partial charge is 0.388 e. The maximum Gasteiger partial charge on any atom is 0.186 e. The molecule has 0 unspecified atom stereocenters. The summed E-state index contributed by atoms with van der Waals surface area (Å²) in [5, 5.41) is 36.8. The molecule has 0 bridgehead atoms. The normalized spacial score (nSPS) is 35.5. The molecule has 1 aromatic heterocycles. The minimum absolute atomic E-state index is 0.164. The van der Waals surface area contributed by atoms with Crippen LogP contribution in [0.3, 0.4) is 0 Å². The van der Waals surface area contributed by atoms with Crippen molar-refractivity contribution in [3.8, 4) is 0 Å². The van der Waals surface area contributed by atoms with Crippen LogP contribution in [0.15, 0.2) is 6.20 Å². The van der Waals surface area contributed by atoms with Gasteiger partial charge in [0.15, 0.2) is 6.29 Å². The number of ether oxygens (including phenoxy) is 2. The number of hydrogen-bond donors (Lipinski definition) is 4. The van der Waals surface area contributed by atoms with E-state index in [4.69, 9.17) is 15.2 Å². The van der Waals surface area contributed by atoms with Gasteiger partial charge in [0.05, 0.1) is 12.2 Å². The Balaban J connectivity index is 2.06. The lowest BCUT2D eigenvalue weighted by Crippen LogP contribution is -2.58. The third-order valence-electron chi connectivity index (χ3n) is 3.06. The van der Waals surface area contributed by atoms with E-state index < -0.39 is 30.7 Å². The van der Waals surface area contributed by atoms with Crippen molar-refractivity contribution < 1.29 is 24.8 Å². The zero-order chi connectivity index (χ0) is 14.0. The molecule has 2 rings (SSSR count). The molecule has 9 nitrogen and oxygen atoms in total. The summed E-state index contributed by atoms with van der Waals surface area (Å²) in [6, 6.07) is 0. The van der Waals surface area contributed by atoms with Crippen LogP contribution < -0.4 is 5.73 Å². The summed E-state index contributed by atoms with van der Waals surface area (Å²) in [6.07, 6.45) is -4.04. The molecule has 2 heterocycles. The highest BCUT2D eigenvalue weighted by atomic mass is 16.7. The van der Waals surface area contributed by atoms with Gasteiger partial charge in [-0.2, -0.15) is 0 Å². The summed E-state index contributed by atoms with van der Waals surface area (Å²) >= 11 is 0. The van der Waals surface area contributed by atoms with Gasteiger partial charge in [0, 0.05) is 19.9 Å². The molecular weight excluding hydrogens is 256 g/mol. The van der Waals surface area contributed by atoms with E-state index in [1.807, 2.05) is 0 Å². The molecule has 0 radical (unpaired) electrons. The van der Waals surface area contributed by atoms with Crippen molar-refractivity contribution >= 4 is 0 Å². The molecule has 108 valence electrons. The topological polar surface area (TPSA) is 136 Å². The highest BCUT2D eigenvalue weighted by molar-refractivity contribution is 4.93. The summed E-state index contributed by atoms with van der Waals surface area (Å²) in [5.41, 5.74) is 6.02. The van der Waals surface area contributed by atoms with Crippen LogP contribution in [-0.4, -0.2) is 68.1 Å². The summed E-state index contributed by atoms with van der Waals surface area (Å²) in [7, 11) is 1.34. The second-order valence-corrected chi connectivity index (χ2v) is 4.39. The molecular formula is C10H18N4O5. The van der Waals surface area contributed by atoms with Gasteiger partial charge in [0.25, 0.3) is 0 Å². The van der Waals surface area contributed by atoms with Crippen molar-refractivity contribution in [3.05, 3.63) is 11.9 Å². The maximum atomic E-state index is 9.87. The van der Waals surface area contributed by atoms with Gasteiger partial charge in [0.2, 0.25) is 0 Å². The lowest BCUT2D eigenvalue weighted by Gasteiger charge is -2.39. The zero-order valence-electron chi connectivity index (χ0n) is 10.5. The van der Waals surface area contributed by atoms with E-state index in [2.05, 4.69) is 10.3 Å². The van der Waals surface area contributed by atoms with E-state index in [0.29, 0.717) is 5.69 Å². The van der Waals surface area contributed by atoms with Crippen LogP contribution in [0.1, 0.15) is 5.69 Å². The van der Waals surface area contributed by atoms with Crippen molar-refractivity contribution in [1.29, 1.82) is 0 Å². The molecule has 0 amide bonds. The molecule has 0 aromatic carbocycles. The van der Waals surface area contributed by atoms with Crippen molar-refractivity contribution in [2.75, 3.05) is 7.11 Å². The van der Waals surface area contributed by atoms with Crippen LogP contribution in [0.4, 0.5) is 0 Å².